The number of carbonyl (C=O) groups is 1. The van der Waals surface area contributed by atoms with Crippen LogP contribution in [0.2, 0.25) is 0 Å². The zero-order chi connectivity index (χ0) is 24.6. The summed E-state index contributed by atoms with van der Waals surface area (Å²) in [7, 11) is 0. The zero-order valence-corrected chi connectivity index (χ0v) is 21.3. The minimum Gasteiger partial charge on any atom is -0.340 e. The van der Waals surface area contributed by atoms with E-state index in [4.69, 9.17) is 0 Å². The Kier molecular flexibility index (Phi) is 8.16. The predicted octanol–water partition coefficient (Wildman–Crippen LogP) is 5.50. The molecular formula is C30H32N4OS. The summed E-state index contributed by atoms with van der Waals surface area (Å²) in [6, 6.07) is 30.9. The van der Waals surface area contributed by atoms with Gasteiger partial charge in [0.05, 0.1) is 6.54 Å². The van der Waals surface area contributed by atoms with Crippen LogP contribution < -0.4 is 0 Å². The molecule has 1 aliphatic heterocycles. The molecule has 1 fully saturated rings. The molecule has 1 atom stereocenters. The van der Waals surface area contributed by atoms with E-state index in [0.29, 0.717) is 0 Å². The Balaban J connectivity index is 1.24. The highest BCUT2D eigenvalue weighted by molar-refractivity contribution is 8.00. The average molecular weight is 497 g/mol. The van der Waals surface area contributed by atoms with E-state index >= 15 is 0 Å². The van der Waals surface area contributed by atoms with Crippen molar-refractivity contribution >= 4 is 17.7 Å². The third-order valence-electron chi connectivity index (χ3n) is 6.59. The molecule has 0 aliphatic carbocycles. The molecule has 1 aromatic heterocycles. The lowest BCUT2D eigenvalue weighted by atomic mass is 10.1. The molecule has 184 valence electrons. The highest BCUT2D eigenvalue weighted by Gasteiger charge is 2.28. The van der Waals surface area contributed by atoms with Crippen LogP contribution in [0.4, 0.5) is 0 Å². The fourth-order valence-corrected chi connectivity index (χ4v) is 5.78. The van der Waals surface area contributed by atoms with E-state index in [2.05, 4.69) is 74.1 Å². The topological polar surface area (TPSA) is 41.4 Å². The molecule has 6 heteroatoms. The first-order chi connectivity index (χ1) is 17.8. The van der Waals surface area contributed by atoms with Crippen LogP contribution in [-0.2, 0) is 17.9 Å². The van der Waals surface area contributed by atoms with Gasteiger partial charge in [-0.05, 0) is 29.7 Å². The largest absolute Gasteiger partial charge is 0.340 e. The second-order valence-electron chi connectivity index (χ2n) is 9.13. The molecule has 0 saturated carbocycles. The van der Waals surface area contributed by atoms with Gasteiger partial charge in [-0.2, -0.15) is 0 Å². The van der Waals surface area contributed by atoms with Crippen LogP contribution in [0.5, 0.6) is 0 Å². The number of hydrogen-bond acceptors (Lipinski definition) is 4. The number of nitrogens with zero attached hydrogens (tertiary/aromatic N) is 4. The van der Waals surface area contributed by atoms with E-state index < -0.39 is 0 Å². The van der Waals surface area contributed by atoms with E-state index in [1.807, 2.05) is 48.7 Å². The van der Waals surface area contributed by atoms with Crippen LogP contribution in [0.15, 0.2) is 108 Å². The van der Waals surface area contributed by atoms with Crippen LogP contribution in [0.1, 0.15) is 28.6 Å². The van der Waals surface area contributed by atoms with Crippen molar-refractivity contribution in [2.45, 2.75) is 29.7 Å². The molecule has 5 nitrogen and oxygen atoms in total. The first-order valence-corrected chi connectivity index (χ1v) is 13.5. The van der Waals surface area contributed by atoms with Gasteiger partial charge < -0.3 is 9.47 Å². The number of thioether (sulfide) groups is 1. The Labute approximate surface area is 217 Å². The summed E-state index contributed by atoms with van der Waals surface area (Å²) in [4.78, 5) is 24.1. The molecule has 1 saturated heterocycles. The second kappa shape index (κ2) is 12.1. The Hall–Kier alpha value is -3.35. The van der Waals surface area contributed by atoms with Gasteiger partial charge in [-0.25, -0.2) is 4.98 Å². The Morgan fingerprint density at radius 3 is 2.25 bits per heavy atom. The van der Waals surface area contributed by atoms with E-state index in [-0.39, 0.29) is 11.2 Å². The molecule has 3 aromatic carbocycles. The SMILES string of the molecule is O=C(C(Sc1ccccc1)c1ccccc1)N1CCCN(Cc2nccn2Cc2ccccc2)CC1. The summed E-state index contributed by atoms with van der Waals surface area (Å²) < 4.78 is 2.23. The number of benzene rings is 3. The van der Waals surface area contributed by atoms with Crippen LogP contribution in [0, 0.1) is 0 Å². The van der Waals surface area contributed by atoms with Crippen LogP contribution in [0.25, 0.3) is 0 Å². The molecule has 1 amide bonds. The molecule has 1 aliphatic rings. The van der Waals surface area contributed by atoms with Gasteiger partial charge in [0.2, 0.25) is 5.91 Å². The Morgan fingerprint density at radius 1 is 0.806 bits per heavy atom. The van der Waals surface area contributed by atoms with Gasteiger partial charge >= 0.3 is 0 Å². The van der Waals surface area contributed by atoms with Crippen molar-refractivity contribution < 1.29 is 4.79 Å². The van der Waals surface area contributed by atoms with E-state index in [0.717, 1.165) is 62.0 Å². The van der Waals surface area contributed by atoms with Crippen LogP contribution >= 0.6 is 11.8 Å². The summed E-state index contributed by atoms with van der Waals surface area (Å²) in [5.41, 5.74) is 2.33. The number of hydrogen-bond donors (Lipinski definition) is 0. The third-order valence-corrected chi connectivity index (χ3v) is 7.84. The van der Waals surface area contributed by atoms with E-state index in [1.54, 1.807) is 11.8 Å². The first kappa shape index (κ1) is 24.3. The van der Waals surface area contributed by atoms with Crippen molar-refractivity contribution in [3.05, 3.63) is 120 Å². The van der Waals surface area contributed by atoms with Crippen molar-refractivity contribution in [2.75, 3.05) is 26.2 Å². The number of rotatable bonds is 8. The molecule has 5 rings (SSSR count). The highest BCUT2D eigenvalue weighted by atomic mass is 32.2. The molecule has 4 aromatic rings. The van der Waals surface area contributed by atoms with E-state index in [9.17, 15) is 4.79 Å². The monoisotopic (exact) mass is 496 g/mol. The minimum atomic E-state index is -0.245. The Bertz CT molecular complexity index is 1230. The standard InChI is InChI=1S/C30H32N4OS/c35-30(29(26-13-6-2-7-14-26)36-27-15-8-3-9-16-27)33-19-10-18-32(21-22-33)24-28-31-17-20-34(28)23-25-11-4-1-5-12-25/h1-9,11-17,20,29H,10,18-19,21-24H2. The van der Waals surface area contributed by atoms with Gasteiger partial charge in [0.25, 0.3) is 0 Å². The van der Waals surface area contributed by atoms with Crippen LogP contribution in [0.3, 0.4) is 0 Å². The fraction of sp³-hybridized carbons (Fsp3) is 0.267. The summed E-state index contributed by atoms with van der Waals surface area (Å²) in [5, 5.41) is -0.245. The van der Waals surface area contributed by atoms with Gasteiger partial charge in [-0.1, -0.05) is 78.9 Å². The van der Waals surface area contributed by atoms with Crippen molar-refractivity contribution in [2.24, 2.45) is 0 Å². The summed E-state index contributed by atoms with van der Waals surface area (Å²) in [6.45, 7) is 4.95. The molecule has 0 bridgehead atoms. The fourth-order valence-electron chi connectivity index (χ4n) is 4.66. The lowest BCUT2D eigenvalue weighted by Gasteiger charge is -2.26. The minimum absolute atomic E-state index is 0.197. The smallest absolute Gasteiger partial charge is 0.240 e. The van der Waals surface area contributed by atoms with Crippen molar-refractivity contribution in [3.8, 4) is 0 Å². The van der Waals surface area contributed by atoms with E-state index in [1.165, 1.54) is 5.56 Å². The third kappa shape index (κ3) is 6.25. The number of amides is 1. The summed E-state index contributed by atoms with van der Waals surface area (Å²) in [6.07, 6.45) is 4.90. The lowest BCUT2D eigenvalue weighted by Crippen LogP contribution is -2.37. The Morgan fingerprint density at radius 2 is 1.50 bits per heavy atom. The lowest BCUT2D eigenvalue weighted by molar-refractivity contribution is -0.130. The molecule has 2 heterocycles. The van der Waals surface area contributed by atoms with Gasteiger partial charge in [0.1, 0.15) is 11.1 Å². The van der Waals surface area contributed by atoms with Crippen molar-refractivity contribution in [3.63, 3.8) is 0 Å². The van der Waals surface area contributed by atoms with Gasteiger partial charge in [-0.15, -0.1) is 11.8 Å². The molecule has 0 N–H and O–H groups in total. The van der Waals surface area contributed by atoms with Gasteiger partial charge in [0.15, 0.2) is 0 Å². The predicted molar refractivity (Wildman–Crippen MR) is 146 cm³/mol. The number of carbonyl (C=O) groups excluding carboxylic acids is 1. The maximum Gasteiger partial charge on any atom is 0.240 e. The molecule has 0 radical (unpaired) electrons. The number of imidazole rings is 1. The maximum absolute atomic E-state index is 13.8. The quantitative estimate of drug-likeness (QED) is 0.302. The van der Waals surface area contributed by atoms with Crippen LogP contribution in [-0.4, -0.2) is 51.4 Å². The molecule has 36 heavy (non-hydrogen) atoms. The summed E-state index contributed by atoms with van der Waals surface area (Å²) >= 11 is 1.64. The maximum atomic E-state index is 13.8. The van der Waals surface area contributed by atoms with Gasteiger partial charge in [-0.3, -0.25) is 9.69 Å². The summed E-state index contributed by atoms with van der Waals surface area (Å²) in [5.74, 6) is 1.27. The molecule has 1 unspecified atom stereocenters. The normalized spacial score (nSPS) is 15.4. The van der Waals surface area contributed by atoms with Gasteiger partial charge in [0, 0.05) is 50.0 Å². The second-order valence-corrected chi connectivity index (χ2v) is 10.3. The average Bonchev–Trinajstić information content (AvgIpc) is 3.22. The van der Waals surface area contributed by atoms with Crippen molar-refractivity contribution in [1.29, 1.82) is 0 Å². The first-order valence-electron chi connectivity index (χ1n) is 12.6. The molecular weight excluding hydrogens is 464 g/mol. The number of aromatic nitrogens is 2. The van der Waals surface area contributed by atoms with Crippen molar-refractivity contribution in [1.82, 2.24) is 19.4 Å². The molecule has 0 spiro atoms. The zero-order valence-electron chi connectivity index (χ0n) is 20.4. The highest BCUT2D eigenvalue weighted by Crippen LogP contribution is 2.36.